The van der Waals surface area contributed by atoms with Crippen LogP contribution in [0.1, 0.15) is 34.6 Å². The molecule has 0 aliphatic rings. The molecule has 2 aromatic rings. The van der Waals surface area contributed by atoms with Gasteiger partial charge in [-0.05, 0) is 26.0 Å². The number of carbonyl (C=O) groups excluding carboxylic acids is 4. The predicted octanol–water partition coefficient (Wildman–Crippen LogP) is 3.72. The molecule has 28 heavy (non-hydrogen) atoms. The maximum absolute atomic E-state index is 12.8. The van der Waals surface area contributed by atoms with Gasteiger partial charge >= 0.3 is 11.9 Å². The third kappa shape index (κ3) is 4.67. The Kier molecular flexibility index (Phi) is 6.39. The van der Waals surface area contributed by atoms with Crippen molar-refractivity contribution >= 4 is 23.5 Å². The zero-order chi connectivity index (χ0) is 20.8. The van der Waals surface area contributed by atoms with Gasteiger partial charge in [0.25, 0.3) is 0 Å². The van der Waals surface area contributed by atoms with Crippen molar-refractivity contribution in [1.82, 2.24) is 0 Å². The van der Waals surface area contributed by atoms with E-state index in [0.29, 0.717) is 0 Å². The molecular formula is C22H18O6. The van der Waals surface area contributed by atoms with Crippen LogP contribution in [0.2, 0.25) is 0 Å². The Balaban J connectivity index is 2.52. The van der Waals surface area contributed by atoms with Crippen LogP contribution in [0.25, 0.3) is 0 Å². The summed E-state index contributed by atoms with van der Waals surface area (Å²) >= 11 is 0. The quantitative estimate of drug-likeness (QED) is 0.240. The highest BCUT2D eigenvalue weighted by atomic mass is 16.6. The average Bonchev–Trinajstić information content (AvgIpc) is 2.68. The van der Waals surface area contributed by atoms with Crippen LogP contribution in [0.3, 0.4) is 0 Å². The molecule has 2 aromatic carbocycles. The second kappa shape index (κ2) is 8.73. The molecule has 6 heteroatoms. The van der Waals surface area contributed by atoms with Gasteiger partial charge in [0.15, 0.2) is 11.5 Å². The molecule has 0 saturated heterocycles. The second-order valence-corrected chi connectivity index (χ2v) is 6.00. The van der Waals surface area contributed by atoms with E-state index in [9.17, 15) is 19.2 Å². The fraction of sp³-hybridized carbons (Fsp3) is 0.0909. The number of para-hydroxylation sites is 1. The van der Waals surface area contributed by atoms with Gasteiger partial charge in [0, 0.05) is 16.7 Å². The SMILES string of the molecule is C=C(C)C(=O)Oc1cccc(C(=O)C(=O)c2ccccc2)c1OC(=O)C(=C)C. The molecule has 0 spiro atoms. The zero-order valence-corrected chi connectivity index (χ0v) is 15.5. The highest BCUT2D eigenvalue weighted by Gasteiger charge is 2.26. The van der Waals surface area contributed by atoms with E-state index in [2.05, 4.69) is 13.2 Å². The van der Waals surface area contributed by atoms with Crippen molar-refractivity contribution in [3.05, 3.63) is 84.0 Å². The van der Waals surface area contributed by atoms with Gasteiger partial charge in [-0.3, -0.25) is 9.59 Å². The van der Waals surface area contributed by atoms with Crippen molar-refractivity contribution < 1.29 is 28.7 Å². The first-order chi connectivity index (χ1) is 13.2. The standard InChI is InChI=1S/C22H18O6/c1-13(2)21(25)27-17-12-8-11-16(20(17)28-22(26)14(3)4)19(24)18(23)15-9-6-5-7-10-15/h5-12H,1,3H2,2,4H3. The molecule has 0 saturated carbocycles. The van der Waals surface area contributed by atoms with Crippen LogP contribution in [-0.4, -0.2) is 23.5 Å². The highest BCUT2D eigenvalue weighted by molar-refractivity contribution is 6.49. The van der Waals surface area contributed by atoms with E-state index in [1.54, 1.807) is 18.2 Å². The van der Waals surface area contributed by atoms with Crippen LogP contribution in [0.15, 0.2) is 72.8 Å². The largest absolute Gasteiger partial charge is 0.419 e. The molecule has 0 amide bonds. The van der Waals surface area contributed by atoms with Gasteiger partial charge in [0.05, 0.1) is 5.56 Å². The lowest BCUT2D eigenvalue weighted by atomic mass is 10.0. The van der Waals surface area contributed by atoms with Gasteiger partial charge in [-0.1, -0.05) is 49.6 Å². The van der Waals surface area contributed by atoms with E-state index in [4.69, 9.17) is 9.47 Å². The molecule has 0 heterocycles. The van der Waals surface area contributed by atoms with Crippen LogP contribution in [0.4, 0.5) is 0 Å². The zero-order valence-electron chi connectivity index (χ0n) is 15.5. The Labute approximate surface area is 162 Å². The second-order valence-electron chi connectivity index (χ2n) is 6.00. The van der Waals surface area contributed by atoms with E-state index in [0.717, 1.165) is 0 Å². The maximum Gasteiger partial charge on any atom is 0.338 e. The minimum absolute atomic E-state index is 0.0637. The Morgan fingerprint density at radius 3 is 1.86 bits per heavy atom. The first-order valence-electron chi connectivity index (χ1n) is 8.24. The lowest BCUT2D eigenvalue weighted by molar-refractivity contribution is -0.132. The van der Waals surface area contributed by atoms with Crippen LogP contribution in [-0.2, 0) is 9.59 Å². The third-order valence-electron chi connectivity index (χ3n) is 3.56. The van der Waals surface area contributed by atoms with E-state index < -0.39 is 23.5 Å². The molecule has 0 aliphatic carbocycles. The van der Waals surface area contributed by atoms with E-state index in [1.165, 1.54) is 44.2 Å². The summed E-state index contributed by atoms with van der Waals surface area (Å²) in [5, 5.41) is 0. The van der Waals surface area contributed by atoms with E-state index >= 15 is 0 Å². The summed E-state index contributed by atoms with van der Waals surface area (Å²) in [6.07, 6.45) is 0. The number of esters is 2. The summed E-state index contributed by atoms with van der Waals surface area (Å²) in [5.74, 6) is -3.83. The molecule has 6 nitrogen and oxygen atoms in total. The predicted molar refractivity (Wildman–Crippen MR) is 102 cm³/mol. The molecule has 2 rings (SSSR count). The molecule has 0 unspecified atom stereocenters. The third-order valence-corrected chi connectivity index (χ3v) is 3.56. The van der Waals surface area contributed by atoms with Crippen molar-refractivity contribution in [3.63, 3.8) is 0 Å². The van der Waals surface area contributed by atoms with Gasteiger partial charge in [-0.15, -0.1) is 0 Å². The molecule has 0 atom stereocenters. The molecule has 0 N–H and O–H groups in total. The number of ether oxygens (including phenoxy) is 2. The van der Waals surface area contributed by atoms with Crippen LogP contribution in [0.5, 0.6) is 11.5 Å². The number of ketones is 2. The highest BCUT2D eigenvalue weighted by Crippen LogP contribution is 2.33. The van der Waals surface area contributed by atoms with Crippen molar-refractivity contribution in [2.24, 2.45) is 0 Å². The minimum atomic E-state index is -0.913. The molecule has 0 aromatic heterocycles. The maximum atomic E-state index is 12.8. The van der Waals surface area contributed by atoms with Gasteiger partial charge < -0.3 is 9.47 Å². The number of carbonyl (C=O) groups is 4. The molecule has 142 valence electrons. The smallest absolute Gasteiger partial charge is 0.338 e. The van der Waals surface area contributed by atoms with Crippen molar-refractivity contribution in [1.29, 1.82) is 0 Å². The van der Waals surface area contributed by atoms with Crippen LogP contribution < -0.4 is 9.47 Å². The summed E-state index contributed by atoms with van der Waals surface area (Å²) < 4.78 is 10.4. The summed E-state index contributed by atoms with van der Waals surface area (Å²) in [6.45, 7) is 9.82. The van der Waals surface area contributed by atoms with Gasteiger partial charge in [-0.25, -0.2) is 9.59 Å². The number of benzene rings is 2. The Morgan fingerprint density at radius 2 is 1.29 bits per heavy atom. The van der Waals surface area contributed by atoms with E-state index in [1.807, 2.05) is 0 Å². The molecule has 0 aliphatic heterocycles. The average molecular weight is 378 g/mol. The van der Waals surface area contributed by atoms with Gasteiger partial charge in [0.1, 0.15) is 0 Å². The summed E-state index contributed by atoms with van der Waals surface area (Å²) in [5.41, 5.74) is 0.132. The van der Waals surface area contributed by atoms with Crippen molar-refractivity contribution in [2.75, 3.05) is 0 Å². The first-order valence-corrected chi connectivity index (χ1v) is 8.24. The summed E-state index contributed by atoms with van der Waals surface area (Å²) in [4.78, 5) is 49.2. The minimum Gasteiger partial charge on any atom is -0.419 e. The Hall–Kier alpha value is -3.80. The number of hydrogen-bond donors (Lipinski definition) is 0. The number of rotatable bonds is 7. The number of Topliss-reactive ketones (excluding diaryl/α,β-unsaturated/α-hetero) is 2. The molecule has 0 bridgehead atoms. The summed E-state index contributed by atoms with van der Waals surface area (Å²) in [6, 6.07) is 12.0. The molecule has 0 radical (unpaired) electrons. The Bertz CT molecular complexity index is 985. The lowest BCUT2D eigenvalue weighted by Gasteiger charge is -2.14. The molecule has 0 fully saturated rings. The normalized spacial score (nSPS) is 9.93. The molecular weight excluding hydrogens is 360 g/mol. The van der Waals surface area contributed by atoms with Crippen LogP contribution >= 0.6 is 0 Å². The van der Waals surface area contributed by atoms with Crippen LogP contribution in [0, 0.1) is 0 Å². The summed E-state index contributed by atoms with van der Waals surface area (Å²) in [7, 11) is 0. The van der Waals surface area contributed by atoms with Crippen molar-refractivity contribution in [2.45, 2.75) is 13.8 Å². The first kappa shape index (κ1) is 20.5. The Morgan fingerprint density at radius 1 is 0.714 bits per heavy atom. The fourth-order valence-electron chi connectivity index (χ4n) is 2.09. The fourth-order valence-corrected chi connectivity index (χ4v) is 2.09. The van der Waals surface area contributed by atoms with Gasteiger partial charge in [-0.2, -0.15) is 0 Å². The van der Waals surface area contributed by atoms with E-state index in [-0.39, 0.29) is 33.8 Å². The van der Waals surface area contributed by atoms with Gasteiger partial charge in [0.2, 0.25) is 11.6 Å². The topological polar surface area (TPSA) is 86.7 Å². The number of hydrogen-bond acceptors (Lipinski definition) is 6. The lowest BCUT2D eigenvalue weighted by Crippen LogP contribution is -2.19. The van der Waals surface area contributed by atoms with Crippen molar-refractivity contribution in [3.8, 4) is 11.5 Å². The monoisotopic (exact) mass is 378 g/mol.